The predicted molar refractivity (Wildman–Crippen MR) is 107 cm³/mol. The van der Waals surface area contributed by atoms with Crippen LogP contribution >= 0.6 is 15.9 Å². The van der Waals surface area contributed by atoms with Crippen LogP contribution in [0.25, 0.3) is 0 Å². The summed E-state index contributed by atoms with van der Waals surface area (Å²) in [5.41, 5.74) is 4.59. The summed E-state index contributed by atoms with van der Waals surface area (Å²) >= 11 is 3.62. The van der Waals surface area contributed by atoms with Crippen LogP contribution in [0, 0.1) is 5.92 Å². The molecule has 136 valence electrons. The van der Waals surface area contributed by atoms with Crippen LogP contribution in [0.3, 0.4) is 0 Å². The van der Waals surface area contributed by atoms with Crippen molar-refractivity contribution in [1.82, 2.24) is 0 Å². The van der Waals surface area contributed by atoms with Crippen LogP contribution in [0.4, 0.5) is 10.5 Å². The number of carbonyl (C=O) groups is 1. The van der Waals surface area contributed by atoms with Crippen molar-refractivity contribution < 1.29 is 9.53 Å². The van der Waals surface area contributed by atoms with Gasteiger partial charge in [0, 0.05) is 10.5 Å². The van der Waals surface area contributed by atoms with Crippen molar-refractivity contribution in [3.05, 3.63) is 63.6 Å². The topological polar surface area (TPSA) is 29.5 Å². The summed E-state index contributed by atoms with van der Waals surface area (Å²) in [5, 5.41) is 0. The minimum absolute atomic E-state index is 0.205. The molecule has 1 aliphatic carbocycles. The second kappa shape index (κ2) is 7.43. The summed E-state index contributed by atoms with van der Waals surface area (Å²) < 4.78 is 6.83. The van der Waals surface area contributed by atoms with Crippen molar-refractivity contribution in [2.45, 2.75) is 51.7 Å². The number of anilines is 1. The number of halogens is 1. The monoisotopic (exact) mass is 413 g/mol. The van der Waals surface area contributed by atoms with Crippen molar-refractivity contribution in [1.29, 1.82) is 0 Å². The fourth-order valence-corrected chi connectivity index (χ4v) is 4.58. The highest BCUT2D eigenvalue weighted by atomic mass is 79.9. The van der Waals surface area contributed by atoms with Gasteiger partial charge in [-0.05, 0) is 66.8 Å². The molecule has 0 saturated heterocycles. The third-order valence-corrected chi connectivity index (χ3v) is 5.92. The van der Waals surface area contributed by atoms with E-state index < -0.39 is 0 Å². The molecule has 0 N–H and O–H groups in total. The molecule has 1 saturated carbocycles. The second-order valence-corrected chi connectivity index (χ2v) is 8.20. The Kier molecular flexibility index (Phi) is 5.03. The van der Waals surface area contributed by atoms with E-state index in [2.05, 4.69) is 35.0 Å². The van der Waals surface area contributed by atoms with E-state index in [1.54, 1.807) is 0 Å². The van der Waals surface area contributed by atoms with Crippen molar-refractivity contribution in [3.63, 3.8) is 0 Å². The van der Waals surface area contributed by atoms with Gasteiger partial charge in [-0.3, -0.25) is 4.90 Å². The Balaban J connectivity index is 1.64. The molecule has 1 unspecified atom stereocenters. The quantitative estimate of drug-likeness (QED) is 0.625. The normalized spacial score (nSPS) is 19.2. The van der Waals surface area contributed by atoms with Gasteiger partial charge in [0.05, 0.1) is 5.69 Å². The lowest BCUT2D eigenvalue weighted by Crippen LogP contribution is -2.46. The Hall–Kier alpha value is -1.81. The van der Waals surface area contributed by atoms with Gasteiger partial charge in [-0.1, -0.05) is 53.2 Å². The van der Waals surface area contributed by atoms with Crippen LogP contribution in [0.15, 0.2) is 46.9 Å². The van der Waals surface area contributed by atoms with E-state index in [1.807, 2.05) is 35.2 Å². The third-order valence-electron chi connectivity index (χ3n) is 5.46. The molecule has 4 heteroatoms. The van der Waals surface area contributed by atoms with Gasteiger partial charge in [0.25, 0.3) is 0 Å². The van der Waals surface area contributed by atoms with Crippen LogP contribution in [0.5, 0.6) is 0 Å². The van der Waals surface area contributed by atoms with Gasteiger partial charge in [0.2, 0.25) is 0 Å². The van der Waals surface area contributed by atoms with Gasteiger partial charge in [0.15, 0.2) is 0 Å². The maximum Gasteiger partial charge on any atom is 0.414 e. The smallest absolute Gasteiger partial charge is 0.414 e. The average molecular weight is 414 g/mol. The summed E-state index contributed by atoms with van der Waals surface area (Å²) in [6.07, 6.45) is 5.20. The van der Waals surface area contributed by atoms with Crippen LogP contribution < -0.4 is 4.90 Å². The minimum atomic E-state index is -0.205. The van der Waals surface area contributed by atoms with Crippen molar-refractivity contribution in [2.24, 2.45) is 5.92 Å². The SMILES string of the molecule is CCc1cc(Br)cc2c1N(C(=O)OCc1ccccc1)C(C1CC1)CC2. The number of hydrogen-bond donors (Lipinski definition) is 0. The molecule has 2 aromatic carbocycles. The maximum atomic E-state index is 13.1. The van der Waals surface area contributed by atoms with Gasteiger partial charge >= 0.3 is 6.09 Å². The zero-order valence-corrected chi connectivity index (χ0v) is 16.7. The zero-order valence-electron chi connectivity index (χ0n) is 15.1. The minimum Gasteiger partial charge on any atom is -0.444 e. The standard InChI is InChI=1S/C22H24BrNO2/c1-2-16-12-19(23)13-18-10-11-20(17-8-9-17)24(21(16)18)22(25)26-14-15-6-4-3-5-7-15/h3-7,12-13,17,20H,2,8-11,14H2,1H3. The highest BCUT2D eigenvalue weighted by Gasteiger charge is 2.42. The third kappa shape index (κ3) is 3.52. The number of rotatable bonds is 4. The number of nitrogens with zero attached hydrogens (tertiary/aromatic N) is 1. The highest BCUT2D eigenvalue weighted by Crippen LogP contribution is 2.45. The number of aryl methyl sites for hydroxylation is 2. The first-order chi connectivity index (χ1) is 12.7. The Labute approximate surface area is 163 Å². The molecular weight excluding hydrogens is 390 g/mol. The molecule has 1 heterocycles. The molecule has 2 aliphatic rings. The van der Waals surface area contributed by atoms with E-state index in [1.165, 1.54) is 24.0 Å². The second-order valence-electron chi connectivity index (χ2n) is 7.28. The summed E-state index contributed by atoms with van der Waals surface area (Å²) in [5.74, 6) is 0.626. The molecule has 3 nitrogen and oxygen atoms in total. The fourth-order valence-electron chi connectivity index (χ4n) is 4.03. The molecule has 0 aromatic heterocycles. The molecule has 1 fully saturated rings. The largest absolute Gasteiger partial charge is 0.444 e. The van der Waals surface area contributed by atoms with Crippen molar-refractivity contribution >= 4 is 27.7 Å². The van der Waals surface area contributed by atoms with Gasteiger partial charge in [-0.25, -0.2) is 4.79 Å². The first-order valence-corrected chi connectivity index (χ1v) is 10.3. The first kappa shape index (κ1) is 17.6. The summed E-state index contributed by atoms with van der Waals surface area (Å²) in [6.45, 7) is 2.47. The molecule has 1 aliphatic heterocycles. The zero-order chi connectivity index (χ0) is 18.1. The molecule has 4 rings (SSSR count). The average Bonchev–Trinajstić information content (AvgIpc) is 3.50. The molecule has 1 atom stereocenters. The molecule has 0 spiro atoms. The van der Waals surface area contributed by atoms with Crippen molar-refractivity contribution in [3.8, 4) is 0 Å². The fraction of sp³-hybridized carbons (Fsp3) is 0.409. The lowest BCUT2D eigenvalue weighted by molar-refractivity contribution is 0.142. The summed E-state index contributed by atoms with van der Waals surface area (Å²) in [7, 11) is 0. The predicted octanol–water partition coefficient (Wildman–Crippen LogP) is 5.88. The molecule has 0 radical (unpaired) electrons. The number of hydrogen-bond acceptors (Lipinski definition) is 2. The van der Waals surface area contributed by atoms with Crippen LogP contribution in [0.2, 0.25) is 0 Å². The summed E-state index contributed by atoms with van der Waals surface area (Å²) in [6, 6.07) is 14.5. The number of amides is 1. The maximum absolute atomic E-state index is 13.1. The lowest BCUT2D eigenvalue weighted by Gasteiger charge is -2.38. The highest BCUT2D eigenvalue weighted by molar-refractivity contribution is 9.10. The van der Waals surface area contributed by atoms with Crippen LogP contribution in [-0.4, -0.2) is 12.1 Å². The van der Waals surface area contributed by atoms with E-state index in [4.69, 9.17) is 4.74 Å². The number of benzene rings is 2. The Morgan fingerprint density at radius 2 is 1.96 bits per heavy atom. The first-order valence-electron chi connectivity index (χ1n) is 9.48. The number of carbonyl (C=O) groups excluding carboxylic acids is 1. The lowest BCUT2D eigenvalue weighted by atomic mass is 9.90. The van der Waals surface area contributed by atoms with Crippen molar-refractivity contribution in [2.75, 3.05) is 4.90 Å². The van der Waals surface area contributed by atoms with Gasteiger partial charge in [0.1, 0.15) is 6.61 Å². The van der Waals surface area contributed by atoms with E-state index in [-0.39, 0.29) is 12.1 Å². The van der Waals surface area contributed by atoms with E-state index in [0.29, 0.717) is 12.5 Å². The van der Waals surface area contributed by atoms with Crippen LogP contribution in [-0.2, 0) is 24.2 Å². The molecular formula is C22H24BrNO2. The number of fused-ring (bicyclic) bond motifs is 1. The van der Waals surface area contributed by atoms with Gasteiger partial charge < -0.3 is 4.74 Å². The van der Waals surface area contributed by atoms with Gasteiger partial charge in [-0.2, -0.15) is 0 Å². The van der Waals surface area contributed by atoms with E-state index in [0.717, 1.165) is 35.0 Å². The molecule has 1 amide bonds. The summed E-state index contributed by atoms with van der Waals surface area (Å²) in [4.78, 5) is 15.1. The molecule has 2 aromatic rings. The molecule has 26 heavy (non-hydrogen) atoms. The van der Waals surface area contributed by atoms with E-state index in [9.17, 15) is 4.79 Å². The van der Waals surface area contributed by atoms with Gasteiger partial charge in [-0.15, -0.1) is 0 Å². The number of ether oxygens (including phenoxy) is 1. The Morgan fingerprint density at radius 3 is 2.65 bits per heavy atom. The Bertz CT molecular complexity index is 784. The van der Waals surface area contributed by atoms with E-state index >= 15 is 0 Å². The van der Waals surface area contributed by atoms with Crippen LogP contribution in [0.1, 0.15) is 42.9 Å². The Morgan fingerprint density at radius 1 is 1.19 bits per heavy atom. The molecule has 0 bridgehead atoms.